The number of hydrogen-bond acceptors (Lipinski definition) is 5. The van der Waals surface area contributed by atoms with Gasteiger partial charge in [-0.05, 0) is 13.8 Å². The van der Waals surface area contributed by atoms with Crippen molar-refractivity contribution in [3.63, 3.8) is 0 Å². The molecular formula is C11H16N4O2S. The molecule has 0 aliphatic carbocycles. The van der Waals surface area contributed by atoms with E-state index < -0.39 is 0 Å². The third-order valence-electron chi connectivity index (χ3n) is 2.70. The van der Waals surface area contributed by atoms with Crippen molar-refractivity contribution < 1.29 is 9.59 Å². The van der Waals surface area contributed by atoms with Gasteiger partial charge in [-0.1, -0.05) is 0 Å². The Bertz CT molecular complexity index is 450. The summed E-state index contributed by atoms with van der Waals surface area (Å²) in [7, 11) is 0. The molecule has 1 aromatic rings. The number of nitrogens with zero attached hydrogens (tertiary/aromatic N) is 1. The first-order chi connectivity index (χ1) is 8.56. The first-order valence-electron chi connectivity index (χ1n) is 5.79. The van der Waals surface area contributed by atoms with E-state index in [1.165, 1.54) is 0 Å². The van der Waals surface area contributed by atoms with Crippen molar-refractivity contribution in [2.24, 2.45) is 0 Å². The number of rotatable bonds is 3. The Hall–Kier alpha value is -1.47. The summed E-state index contributed by atoms with van der Waals surface area (Å²) in [4.78, 5) is 28.3. The molecule has 1 aliphatic rings. The Morgan fingerprint density at radius 3 is 3.00 bits per heavy atom. The molecule has 18 heavy (non-hydrogen) atoms. The van der Waals surface area contributed by atoms with E-state index in [-0.39, 0.29) is 30.4 Å². The zero-order chi connectivity index (χ0) is 13.1. The maximum absolute atomic E-state index is 11.9. The van der Waals surface area contributed by atoms with Crippen molar-refractivity contribution in [3.05, 3.63) is 16.1 Å². The van der Waals surface area contributed by atoms with Crippen LogP contribution in [0.25, 0.3) is 0 Å². The summed E-state index contributed by atoms with van der Waals surface area (Å²) < 4.78 is 0. The summed E-state index contributed by atoms with van der Waals surface area (Å²) in [5, 5.41) is 9.32. The van der Waals surface area contributed by atoms with Crippen LogP contribution in [0.3, 0.4) is 0 Å². The predicted molar refractivity (Wildman–Crippen MR) is 68.2 cm³/mol. The molecular weight excluding hydrogens is 252 g/mol. The van der Waals surface area contributed by atoms with Gasteiger partial charge in [0.05, 0.1) is 12.6 Å². The van der Waals surface area contributed by atoms with Crippen LogP contribution in [0.2, 0.25) is 0 Å². The van der Waals surface area contributed by atoms with Gasteiger partial charge in [-0.15, -0.1) is 11.3 Å². The van der Waals surface area contributed by atoms with Crippen molar-refractivity contribution in [3.8, 4) is 0 Å². The minimum atomic E-state index is -0.369. The van der Waals surface area contributed by atoms with Gasteiger partial charge in [0.1, 0.15) is 11.0 Å². The van der Waals surface area contributed by atoms with Gasteiger partial charge in [0.2, 0.25) is 11.8 Å². The molecule has 2 heterocycles. The number of piperazine rings is 1. The molecule has 2 unspecified atom stereocenters. The smallest absolute Gasteiger partial charge is 0.239 e. The maximum atomic E-state index is 11.9. The van der Waals surface area contributed by atoms with E-state index in [4.69, 9.17) is 0 Å². The largest absolute Gasteiger partial charge is 0.353 e. The fourth-order valence-corrected chi connectivity index (χ4v) is 2.48. The fraction of sp³-hybridized carbons (Fsp3) is 0.545. The van der Waals surface area contributed by atoms with Gasteiger partial charge >= 0.3 is 0 Å². The molecule has 6 nitrogen and oxygen atoms in total. The van der Waals surface area contributed by atoms with Crippen LogP contribution in [0, 0.1) is 6.92 Å². The number of nitrogens with one attached hydrogen (secondary N) is 3. The van der Waals surface area contributed by atoms with E-state index in [0.29, 0.717) is 6.54 Å². The zero-order valence-electron chi connectivity index (χ0n) is 10.3. The van der Waals surface area contributed by atoms with Crippen molar-refractivity contribution in [1.82, 2.24) is 20.9 Å². The van der Waals surface area contributed by atoms with Crippen molar-refractivity contribution in [2.45, 2.75) is 25.9 Å². The van der Waals surface area contributed by atoms with Gasteiger partial charge in [0, 0.05) is 17.6 Å². The average Bonchev–Trinajstić information content (AvgIpc) is 2.76. The third kappa shape index (κ3) is 3.05. The topological polar surface area (TPSA) is 83.1 Å². The van der Waals surface area contributed by atoms with E-state index in [1.54, 1.807) is 17.5 Å². The lowest BCUT2D eigenvalue weighted by atomic mass is 10.2. The van der Waals surface area contributed by atoms with Gasteiger partial charge in [-0.3, -0.25) is 14.9 Å². The summed E-state index contributed by atoms with van der Waals surface area (Å²) in [6, 6.07) is -0.484. The minimum Gasteiger partial charge on any atom is -0.353 e. The number of aryl methyl sites for hydroxylation is 1. The third-order valence-corrected chi connectivity index (χ3v) is 3.79. The monoisotopic (exact) mass is 268 g/mol. The molecule has 2 amide bonds. The van der Waals surface area contributed by atoms with Crippen LogP contribution in [0.15, 0.2) is 6.20 Å². The van der Waals surface area contributed by atoms with Crippen molar-refractivity contribution in [2.75, 3.05) is 13.1 Å². The van der Waals surface area contributed by atoms with Gasteiger partial charge in [-0.25, -0.2) is 4.98 Å². The van der Waals surface area contributed by atoms with Gasteiger partial charge in [0.25, 0.3) is 0 Å². The number of thiazole rings is 1. The Balaban J connectivity index is 1.89. The minimum absolute atomic E-state index is 0.0809. The second-order valence-electron chi connectivity index (χ2n) is 4.28. The van der Waals surface area contributed by atoms with Crippen LogP contribution >= 0.6 is 11.3 Å². The normalized spacial score (nSPS) is 21.2. The SMILES string of the molecule is Cc1cnc(C(C)NC(=O)C2CNC(=O)CN2)s1. The van der Waals surface area contributed by atoms with Crippen LogP contribution in [0.1, 0.15) is 22.9 Å². The van der Waals surface area contributed by atoms with Crippen LogP contribution < -0.4 is 16.0 Å². The molecule has 2 atom stereocenters. The van der Waals surface area contributed by atoms with Crippen LogP contribution in [0.5, 0.6) is 0 Å². The summed E-state index contributed by atoms with van der Waals surface area (Å²) >= 11 is 1.57. The van der Waals surface area contributed by atoms with E-state index in [1.807, 2.05) is 13.8 Å². The van der Waals surface area contributed by atoms with Crippen LogP contribution in [-0.2, 0) is 9.59 Å². The molecule has 98 valence electrons. The highest BCUT2D eigenvalue weighted by atomic mass is 32.1. The highest BCUT2D eigenvalue weighted by molar-refractivity contribution is 7.11. The summed E-state index contributed by atoms with van der Waals surface area (Å²) in [5.41, 5.74) is 0. The molecule has 1 aliphatic heterocycles. The molecule has 0 spiro atoms. The maximum Gasteiger partial charge on any atom is 0.239 e. The lowest BCUT2D eigenvalue weighted by Gasteiger charge is -2.24. The van der Waals surface area contributed by atoms with Gasteiger partial charge in [-0.2, -0.15) is 0 Å². The summed E-state index contributed by atoms with van der Waals surface area (Å²) in [6.45, 7) is 4.39. The molecule has 2 rings (SSSR count). The second kappa shape index (κ2) is 5.45. The number of aromatic nitrogens is 1. The Morgan fingerprint density at radius 1 is 1.67 bits per heavy atom. The highest BCUT2D eigenvalue weighted by Crippen LogP contribution is 2.18. The van der Waals surface area contributed by atoms with E-state index in [2.05, 4.69) is 20.9 Å². The molecule has 0 saturated carbocycles. The standard InChI is InChI=1S/C11H16N4O2S/c1-6-3-14-11(18-6)7(2)15-10(17)8-4-13-9(16)5-12-8/h3,7-8,12H,4-5H2,1-2H3,(H,13,16)(H,15,17). The fourth-order valence-electron chi connectivity index (χ4n) is 1.70. The second-order valence-corrected chi connectivity index (χ2v) is 5.54. The van der Waals surface area contributed by atoms with Crippen LogP contribution in [-0.4, -0.2) is 35.9 Å². The summed E-state index contributed by atoms with van der Waals surface area (Å²) in [6.07, 6.45) is 1.79. The first-order valence-corrected chi connectivity index (χ1v) is 6.60. The van der Waals surface area contributed by atoms with E-state index >= 15 is 0 Å². The first kappa shape index (κ1) is 13.0. The average molecular weight is 268 g/mol. The number of carbonyl (C=O) groups is 2. The zero-order valence-corrected chi connectivity index (χ0v) is 11.1. The lowest BCUT2D eigenvalue weighted by Crippen LogP contribution is -2.58. The van der Waals surface area contributed by atoms with Crippen LogP contribution in [0.4, 0.5) is 0 Å². The van der Waals surface area contributed by atoms with Gasteiger partial charge in [0.15, 0.2) is 0 Å². The number of carbonyl (C=O) groups excluding carboxylic acids is 2. The van der Waals surface area contributed by atoms with Crippen molar-refractivity contribution in [1.29, 1.82) is 0 Å². The van der Waals surface area contributed by atoms with Crippen molar-refractivity contribution >= 4 is 23.2 Å². The molecule has 0 aromatic carbocycles. The Labute approximate surface area is 109 Å². The Morgan fingerprint density at radius 2 is 2.44 bits per heavy atom. The molecule has 1 aromatic heterocycles. The number of hydrogen-bond donors (Lipinski definition) is 3. The van der Waals surface area contributed by atoms with E-state index in [0.717, 1.165) is 9.88 Å². The molecule has 1 fully saturated rings. The molecule has 1 saturated heterocycles. The van der Waals surface area contributed by atoms with Gasteiger partial charge < -0.3 is 10.6 Å². The van der Waals surface area contributed by atoms with E-state index in [9.17, 15) is 9.59 Å². The highest BCUT2D eigenvalue weighted by Gasteiger charge is 2.25. The quantitative estimate of drug-likeness (QED) is 0.704. The predicted octanol–water partition coefficient (Wildman–Crippen LogP) is -0.283. The molecule has 3 N–H and O–H groups in total. The summed E-state index contributed by atoms with van der Waals surface area (Å²) in [5.74, 6) is -0.196. The number of amides is 2. The molecule has 0 radical (unpaired) electrons. The molecule has 0 bridgehead atoms. The lowest BCUT2D eigenvalue weighted by molar-refractivity contribution is -0.127. The Kier molecular flexibility index (Phi) is 3.93. The molecule has 7 heteroatoms.